The van der Waals surface area contributed by atoms with Crippen LogP contribution in [0, 0.1) is 12.8 Å². The van der Waals surface area contributed by atoms with Gasteiger partial charge in [0, 0.05) is 11.9 Å². The summed E-state index contributed by atoms with van der Waals surface area (Å²) in [5.41, 5.74) is 1.97. The van der Waals surface area contributed by atoms with E-state index in [0.717, 1.165) is 23.6 Å². The van der Waals surface area contributed by atoms with E-state index in [9.17, 15) is 5.11 Å². The van der Waals surface area contributed by atoms with Gasteiger partial charge in [0.05, 0.1) is 6.10 Å². The van der Waals surface area contributed by atoms with E-state index in [1.54, 1.807) is 6.20 Å². The molecule has 15 heavy (non-hydrogen) atoms. The second kappa shape index (κ2) is 4.75. The van der Waals surface area contributed by atoms with Gasteiger partial charge in [-0.05, 0) is 30.9 Å². The van der Waals surface area contributed by atoms with Gasteiger partial charge in [-0.1, -0.05) is 31.7 Å². The zero-order valence-corrected chi connectivity index (χ0v) is 9.32. The summed E-state index contributed by atoms with van der Waals surface area (Å²) in [4.78, 5) is 4.21. The normalized spacial score (nSPS) is 19.3. The van der Waals surface area contributed by atoms with Crippen LogP contribution in [0.25, 0.3) is 0 Å². The molecule has 1 atom stereocenters. The Bertz CT molecular complexity index is 301. The molecule has 2 rings (SSSR count). The zero-order valence-electron chi connectivity index (χ0n) is 9.32. The van der Waals surface area contributed by atoms with E-state index in [1.807, 2.05) is 19.1 Å². The Morgan fingerprint density at radius 1 is 1.40 bits per heavy atom. The Morgan fingerprint density at radius 2 is 2.13 bits per heavy atom. The maximum atomic E-state index is 10.0. The molecule has 1 N–H and O–H groups in total. The Labute approximate surface area is 91.4 Å². The number of nitrogens with zero attached hydrogens (tertiary/aromatic N) is 1. The molecule has 82 valence electrons. The van der Waals surface area contributed by atoms with Gasteiger partial charge in [0.2, 0.25) is 0 Å². The molecule has 2 nitrogen and oxygen atoms in total. The average molecular weight is 205 g/mol. The van der Waals surface area contributed by atoms with Crippen LogP contribution in [0.5, 0.6) is 0 Å². The summed E-state index contributed by atoms with van der Waals surface area (Å²) in [7, 11) is 0. The van der Waals surface area contributed by atoms with Gasteiger partial charge in [0.15, 0.2) is 0 Å². The number of hydrogen-bond acceptors (Lipinski definition) is 2. The number of pyridine rings is 1. The van der Waals surface area contributed by atoms with Crippen molar-refractivity contribution in [2.75, 3.05) is 0 Å². The van der Waals surface area contributed by atoms with E-state index in [4.69, 9.17) is 0 Å². The fourth-order valence-corrected chi connectivity index (χ4v) is 2.37. The van der Waals surface area contributed by atoms with Crippen LogP contribution in [0.4, 0.5) is 0 Å². The van der Waals surface area contributed by atoms with Gasteiger partial charge in [0.1, 0.15) is 0 Å². The third-order valence-electron chi connectivity index (χ3n) is 3.35. The lowest BCUT2D eigenvalue weighted by Crippen LogP contribution is -2.04. The molecule has 1 heterocycles. The minimum Gasteiger partial charge on any atom is -0.388 e. The van der Waals surface area contributed by atoms with E-state index in [1.165, 1.54) is 25.7 Å². The number of aryl methyl sites for hydroxylation is 1. The van der Waals surface area contributed by atoms with Crippen molar-refractivity contribution in [2.45, 2.75) is 45.1 Å². The van der Waals surface area contributed by atoms with Crippen molar-refractivity contribution in [3.05, 3.63) is 29.6 Å². The van der Waals surface area contributed by atoms with Crippen LogP contribution in [-0.4, -0.2) is 10.1 Å². The van der Waals surface area contributed by atoms with Crippen LogP contribution < -0.4 is 0 Å². The molecular formula is C13H19NO. The fourth-order valence-electron chi connectivity index (χ4n) is 2.37. The maximum Gasteiger partial charge on any atom is 0.0807 e. The summed E-state index contributed by atoms with van der Waals surface area (Å²) in [6.45, 7) is 1.97. The molecule has 0 aromatic carbocycles. The topological polar surface area (TPSA) is 33.1 Å². The lowest BCUT2D eigenvalue weighted by Gasteiger charge is -2.15. The molecule has 2 heteroatoms. The molecule has 0 bridgehead atoms. The van der Waals surface area contributed by atoms with Crippen LogP contribution >= 0.6 is 0 Å². The van der Waals surface area contributed by atoms with E-state index in [-0.39, 0.29) is 6.10 Å². The molecule has 1 aromatic heterocycles. The van der Waals surface area contributed by atoms with Gasteiger partial charge < -0.3 is 5.11 Å². The van der Waals surface area contributed by atoms with Crippen LogP contribution in [-0.2, 0) is 0 Å². The van der Waals surface area contributed by atoms with E-state index < -0.39 is 0 Å². The third kappa shape index (κ3) is 2.78. The van der Waals surface area contributed by atoms with Gasteiger partial charge in [0.25, 0.3) is 0 Å². The van der Waals surface area contributed by atoms with Crippen molar-refractivity contribution in [2.24, 2.45) is 5.92 Å². The molecule has 1 saturated carbocycles. The van der Waals surface area contributed by atoms with Crippen molar-refractivity contribution < 1.29 is 5.11 Å². The molecule has 0 amide bonds. The van der Waals surface area contributed by atoms with Crippen molar-refractivity contribution in [3.8, 4) is 0 Å². The molecule has 0 spiro atoms. The van der Waals surface area contributed by atoms with Crippen molar-refractivity contribution in [1.29, 1.82) is 0 Å². The summed E-state index contributed by atoms with van der Waals surface area (Å²) >= 11 is 0. The van der Waals surface area contributed by atoms with E-state index in [0.29, 0.717) is 0 Å². The van der Waals surface area contributed by atoms with Crippen LogP contribution in [0.3, 0.4) is 0 Å². The van der Waals surface area contributed by atoms with Crippen LogP contribution in [0.2, 0.25) is 0 Å². The standard InChI is InChI=1S/C13H19NO/c1-10-6-7-12(9-14-10)13(15)8-11-4-2-3-5-11/h6-7,9,11,13,15H,2-5,8H2,1H3. The first kappa shape index (κ1) is 10.6. The van der Waals surface area contributed by atoms with Gasteiger partial charge in [-0.3, -0.25) is 4.98 Å². The predicted octanol–water partition coefficient (Wildman–Crippen LogP) is 3.00. The number of aromatic nitrogens is 1. The number of aliphatic hydroxyl groups excluding tert-OH is 1. The molecule has 0 radical (unpaired) electrons. The minimum atomic E-state index is -0.318. The monoisotopic (exact) mass is 205 g/mol. The van der Waals surface area contributed by atoms with Crippen LogP contribution in [0.1, 0.15) is 49.5 Å². The molecule has 0 saturated heterocycles. The summed E-state index contributed by atoms with van der Waals surface area (Å²) in [5.74, 6) is 0.723. The molecule has 1 unspecified atom stereocenters. The highest BCUT2D eigenvalue weighted by atomic mass is 16.3. The second-order valence-corrected chi connectivity index (χ2v) is 4.63. The van der Waals surface area contributed by atoms with Gasteiger partial charge in [-0.2, -0.15) is 0 Å². The van der Waals surface area contributed by atoms with Crippen molar-refractivity contribution >= 4 is 0 Å². The highest BCUT2D eigenvalue weighted by molar-refractivity contribution is 5.15. The molecule has 0 aliphatic heterocycles. The largest absolute Gasteiger partial charge is 0.388 e. The van der Waals surface area contributed by atoms with Crippen molar-refractivity contribution in [1.82, 2.24) is 4.98 Å². The maximum absolute atomic E-state index is 10.0. The number of aliphatic hydroxyl groups is 1. The summed E-state index contributed by atoms with van der Waals surface area (Å²) in [5, 5.41) is 10.0. The van der Waals surface area contributed by atoms with E-state index >= 15 is 0 Å². The van der Waals surface area contributed by atoms with Gasteiger partial charge in [-0.25, -0.2) is 0 Å². The Hall–Kier alpha value is -0.890. The quantitative estimate of drug-likeness (QED) is 0.822. The molecular weight excluding hydrogens is 186 g/mol. The summed E-state index contributed by atoms with van der Waals surface area (Å²) in [6, 6.07) is 3.95. The number of rotatable bonds is 3. The second-order valence-electron chi connectivity index (χ2n) is 4.63. The lowest BCUT2D eigenvalue weighted by molar-refractivity contribution is 0.144. The Kier molecular flexibility index (Phi) is 3.37. The first-order chi connectivity index (χ1) is 7.25. The Balaban J connectivity index is 1.94. The van der Waals surface area contributed by atoms with Gasteiger partial charge >= 0.3 is 0 Å². The smallest absolute Gasteiger partial charge is 0.0807 e. The Morgan fingerprint density at radius 3 is 2.73 bits per heavy atom. The first-order valence-electron chi connectivity index (χ1n) is 5.86. The minimum absolute atomic E-state index is 0.318. The molecule has 1 fully saturated rings. The molecule has 1 aliphatic rings. The molecule has 1 aromatic rings. The average Bonchev–Trinajstić information content (AvgIpc) is 2.71. The van der Waals surface area contributed by atoms with Gasteiger partial charge in [-0.15, -0.1) is 0 Å². The summed E-state index contributed by atoms with van der Waals surface area (Å²) < 4.78 is 0. The third-order valence-corrected chi connectivity index (χ3v) is 3.35. The van der Waals surface area contributed by atoms with Crippen molar-refractivity contribution in [3.63, 3.8) is 0 Å². The highest BCUT2D eigenvalue weighted by Gasteiger charge is 2.19. The molecule has 1 aliphatic carbocycles. The van der Waals surface area contributed by atoms with E-state index in [2.05, 4.69) is 4.98 Å². The fraction of sp³-hybridized carbons (Fsp3) is 0.615. The van der Waals surface area contributed by atoms with Crippen LogP contribution in [0.15, 0.2) is 18.3 Å². The predicted molar refractivity (Wildman–Crippen MR) is 60.5 cm³/mol. The number of hydrogen-bond donors (Lipinski definition) is 1. The SMILES string of the molecule is Cc1ccc(C(O)CC2CCCC2)cn1. The lowest BCUT2D eigenvalue weighted by atomic mass is 9.96. The zero-order chi connectivity index (χ0) is 10.7. The first-order valence-corrected chi connectivity index (χ1v) is 5.86. The summed E-state index contributed by atoms with van der Waals surface area (Å²) in [6.07, 6.45) is 7.64. The highest BCUT2D eigenvalue weighted by Crippen LogP contribution is 2.32.